The highest BCUT2D eigenvalue weighted by atomic mass is 35.5. The smallest absolute Gasteiger partial charge is 0.343 e. The van der Waals surface area contributed by atoms with Crippen LogP contribution in [0.4, 0.5) is 0 Å². The zero-order valence-electron chi connectivity index (χ0n) is 21.2. The quantitative estimate of drug-likeness (QED) is 0.0936. The van der Waals surface area contributed by atoms with Crippen LogP contribution < -0.4 is 14.9 Å². The Labute approximate surface area is 244 Å². The van der Waals surface area contributed by atoms with Crippen LogP contribution in [-0.4, -0.2) is 24.1 Å². The molecule has 7 nitrogen and oxygen atoms in total. The molecule has 0 spiro atoms. The number of ether oxygens (including phenoxy) is 2. The van der Waals surface area contributed by atoms with Crippen LogP contribution in [0.5, 0.6) is 11.5 Å². The fourth-order valence-electron chi connectivity index (χ4n) is 3.91. The minimum absolute atomic E-state index is 0.0505. The lowest BCUT2D eigenvalue weighted by atomic mass is 10.0. The van der Waals surface area contributed by atoms with E-state index in [1.54, 1.807) is 42.5 Å². The molecule has 0 bridgehead atoms. The molecular weight excluding hydrogens is 563 g/mol. The minimum Gasteiger partial charge on any atom is -0.423 e. The summed E-state index contributed by atoms with van der Waals surface area (Å²) in [5.74, 6) is -1.53. The van der Waals surface area contributed by atoms with Crippen molar-refractivity contribution >= 4 is 58.0 Å². The van der Waals surface area contributed by atoms with Crippen molar-refractivity contribution in [1.29, 1.82) is 0 Å². The van der Waals surface area contributed by atoms with Gasteiger partial charge in [-0.1, -0.05) is 59.6 Å². The summed E-state index contributed by atoms with van der Waals surface area (Å²) in [4.78, 5) is 38.3. The van der Waals surface area contributed by atoms with Gasteiger partial charge in [0.05, 0.1) is 17.3 Å². The van der Waals surface area contributed by atoms with Crippen LogP contribution >= 0.6 is 23.2 Å². The third kappa shape index (κ3) is 6.78. The van der Waals surface area contributed by atoms with E-state index < -0.39 is 17.8 Å². The monoisotopic (exact) mass is 582 g/mol. The predicted molar refractivity (Wildman–Crippen MR) is 158 cm³/mol. The first kappa shape index (κ1) is 27.6. The second kappa shape index (κ2) is 12.5. The predicted octanol–water partition coefficient (Wildman–Crippen LogP) is 7.35. The molecule has 0 aliphatic carbocycles. The first-order chi connectivity index (χ1) is 19.9. The van der Waals surface area contributed by atoms with E-state index in [2.05, 4.69) is 10.5 Å². The number of amides is 1. The minimum atomic E-state index is -0.669. The molecule has 0 fully saturated rings. The van der Waals surface area contributed by atoms with Crippen LogP contribution in [0.1, 0.15) is 36.6 Å². The summed E-state index contributed by atoms with van der Waals surface area (Å²) in [6.07, 6.45) is 1.33. The van der Waals surface area contributed by atoms with Gasteiger partial charge in [-0.15, -0.1) is 0 Å². The van der Waals surface area contributed by atoms with Crippen LogP contribution in [-0.2, 0) is 0 Å². The molecular formula is C32H20Cl2N2O5. The van der Waals surface area contributed by atoms with Gasteiger partial charge in [-0.3, -0.25) is 4.79 Å². The van der Waals surface area contributed by atoms with Gasteiger partial charge in [-0.25, -0.2) is 15.0 Å². The van der Waals surface area contributed by atoms with Crippen LogP contribution in [0.2, 0.25) is 10.0 Å². The van der Waals surface area contributed by atoms with E-state index >= 15 is 0 Å². The number of carbonyl (C=O) groups is 3. The highest BCUT2D eigenvalue weighted by Crippen LogP contribution is 2.26. The Hall–Kier alpha value is -4.98. The van der Waals surface area contributed by atoms with Crippen molar-refractivity contribution in [1.82, 2.24) is 5.43 Å². The van der Waals surface area contributed by atoms with Crippen molar-refractivity contribution in [2.45, 2.75) is 0 Å². The van der Waals surface area contributed by atoms with Crippen molar-refractivity contribution in [3.63, 3.8) is 0 Å². The van der Waals surface area contributed by atoms with E-state index in [9.17, 15) is 14.4 Å². The zero-order chi connectivity index (χ0) is 28.8. The molecule has 1 N–H and O–H groups in total. The van der Waals surface area contributed by atoms with Crippen LogP contribution in [0.25, 0.3) is 10.8 Å². The molecule has 5 aromatic carbocycles. The molecule has 0 aromatic heterocycles. The standard InChI is InChI=1S/C32H20Cl2N2O5/c33-24-13-8-21(9-14-24)31(38)40-26-17-12-23(29(18-26)41-32(39)22-10-15-25(34)16-11-22)19-35-36-30(37)28-7-3-5-20-4-1-2-6-27(20)28/h1-19H,(H,36,37)/b35-19+. The van der Waals surface area contributed by atoms with Crippen LogP contribution in [0, 0.1) is 0 Å². The Morgan fingerprint density at radius 2 is 1.29 bits per heavy atom. The maximum absolute atomic E-state index is 12.9. The Bertz CT molecular complexity index is 1780. The van der Waals surface area contributed by atoms with Crippen molar-refractivity contribution in [3.05, 3.63) is 141 Å². The van der Waals surface area contributed by atoms with E-state index in [4.69, 9.17) is 32.7 Å². The molecule has 0 aliphatic rings. The van der Waals surface area contributed by atoms with Gasteiger partial charge in [0.1, 0.15) is 11.5 Å². The van der Waals surface area contributed by atoms with E-state index in [0.717, 1.165) is 10.8 Å². The first-order valence-corrected chi connectivity index (χ1v) is 13.0. The van der Waals surface area contributed by atoms with Gasteiger partial charge in [0.15, 0.2) is 0 Å². The number of rotatable bonds is 7. The van der Waals surface area contributed by atoms with Gasteiger partial charge in [0.2, 0.25) is 0 Å². The van der Waals surface area contributed by atoms with E-state index in [0.29, 0.717) is 21.2 Å². The lowest BCUT2D eigenvalue weighted by Crippen LogP contribution is -2.18. The van der Waals surface area contributed by atoms with Crippen molar-refractivity contribution in [3.8, 4) is 11.5 Å². The topological polar surface area (TPSA) is 94.1 Å². The fourth-order valence-corrected chi connectivity index (χ4v) is 4.17. The summed E-state index contributed by atoms with van der Waals surface area (Å²) in [6.45, 7) is 0. The lowest BCUT2D eigenvalue weighted by molar-refractivity contribution is 0.0732. The fraction of sp³-hybridized carbons (Fsp3) is 0. The Balaban J connectivity index is 1.39. The van der Waals surface area contributed by atoms with E-state index in [1.807, 2.05) is 30.3 Å². The zero-order valence-corrected chi connectivity index (χ0v) is 22.7. The van der Waals surface area contributed by atoms with Crippen molar-refractivity contribution < 1.29 is 23.9 Å². The molecule has 0 atom stereocenters. The normalized spacial score (nSPS) is 10.9. The van der Waals surface area contributed by atoms with Gasteiger partial charge in [0.25, 0.3) is 5.91 Å². The van der Waals surface area contributed by atoms with E-state index in [-0.39, 0.29) is 22.6 Å². The summed E-state index contributed by atoms with van der Waals surface area (Å²) in [5.41, 5.74) is 3.85. The highest BCUT2D eigenvalue weighted by molar-refractivity contribution is 6.31. The largest absolute Gasteiger partial charge is 0.423 e. The van der Waals surface area contributed by atoms with Gasteiger partial charge in [0, 0.05) is 27.2 Å². The highest BCUT2D eigenvalue weighted by Gasteiger charge is 2.15. The summed E-state index contributed by atoms with van der Waals surface area (Å²) in [5, 5.41) is 6.72. The molecule has 5 aromatic rings. The number of benzene rings is 5. The molecule has 41 heavy (non-hydrogen) atoms. The molecule has 0 saturated carbocycles. The summed E-state index contributed by atoms with van der Waals surface area (Å²) >= 11 is 11.8. The van der Waals surface area contributed by atoms with E-state index in [1.165, 1.54) is 42.6 Å². The third-order valence-electron chi connectivity index (χ3n) is 5.96. The molecule has 0 saturated heterocycles. The number of nitrogens with one attached hydrogen (secondary N) is 1. The lowest BCUT2D eigenvalue weighted by Gasteiger charge is -2.11. The second-order valence-electron chi connectivity index (χ2n) is 8.72. The molecule has 0 aliphatic heterocycles. The number of halogens is 2. The van der Waals surface area contributed by atoms with Crippen LogP contribution in [0.15, 0.2) is 114 Å². The molecule has 1 amide bonds. The van der Waals surface area contributed by atoms with Crippen LogP contribution in [0.3, 0.4) is 0 Å². The summed E-state index contributed by atoms with van der Waals surface area (Å²) in [6, 6.07) is 29.8. The molecule has 5 rings (SSSR count). The van der Waals surface area contributed by atoms with Gasteiger partial charge in [-0.05, 0) is 77.5 Å². The first-order valence-electron chi connectivity index (χ1n) is 12.3. The number of carbonyl (C=O) groups excluding carboxylic acids is 3. The number of hydrogen-bond donors (Lipinski definition) is 1. The van der Waals surface area contributed by atoms with Gasteiger partial charge >= 0.3 is 11.9 Å². The van der Waals surface area contributed by atoms with Gasteiger partial charge in [-0.2, -0.15) is 5.10 Å². The molecule has 9 heteroatoms. The molecule has 0 heterocycles. The van der Waals surface area contributed by atoms with Crippen molar-refractivity contribution in [2.75, 3.05) is 0 Å². The number of hydrogen-bond acceptors (Lipinski definition) is 6. The number of fused-ring (bicyclic) bond motifs is 1. The number of esters is 2. The molecule has 0 radical (unpaired) electrons. The number of hydrazone groups is 1. The number of nitrogens with zero attached hydrogens (tertiary/aromatic N) is 1. The third-order valence-corrected chi connectivity index (χ3v) is 6.47. The SMILES string of the molecule is O=C(Oc1ccc(/C=N/NC(=O)c2cccc3ccccc23)c(OC(=O)c2ccc(Cl)cc2)c1)c1ccc(Cl)cc1. The molecule has 0 unspecified atom stereocenters. The Morgan fingerprint density at radius 1 is 0.683 bits per heavy atom. The van der Waals surface area contributed by atoms with Gasteiger partial charge < -0.3 is 9.47 Å². The summed E-state index contributed by atoms with van der Waals surface area (Å²) < 4.78 is 11.1. The Kier molecular flexibility index (Phi) is 8.39. The maximum Gasteiger partial charge on any atom is 0.343 e. The summed E-state index contributed by atoms with van der Waals surface area (Å²) in [7, 11) is 0. The maximum atomic E-state index is 12.9. The average molecular weight is 583 g/mol. The second-order valence-corrected chi connectivity index (χ2v) is 9.59. The average Bonchev–Trinajstić information content (AvgIpc) is 2.98. The Morgan fingerprint density at radius 3 is 1.98 bits per heavy atom. The molecule has 202 valence electrons. The van der Waals surface area contributed by atoms with Crippen molar-refractivity contribution in [2.24, 2.45) is 5.10 Å².